The Morgan fingerprint density at radius 2 is 1.79 bits per heavy atom. The molecule has 1 aromatic heterocycles. The molecule has 7 heteroatoms. The van der Waals surface area contributed by atoms with Gasteiger partial charge in [0.2, 0.25) is 0 Å². The maximum absolute atomic E-state index is 13.2. The molecule has 19 heavy (non-hydrogen) atoms. The molecule has 100 valence electrons. The SMILES string of the molecule is Nc1ccc(C(F)(F)F)nc1-c1cc(F)cc(Cl)c1. The number of halogens is 5. The molecule has 0 amide bonds. The van der Waals surface area contributed by atoms with Crippen LogP contribution in [0.1, 0.15) is 5.69 Å². The molecule has 0 saturated carbocycles. The van der Waals surface area contributed by atoms with Crippen molar-refractivity contribution >= 4 is 17.3 Å². The second kappa shape index (κ2) is 4.70. The summed E-state index contributed by atoms with van der Waals surface area (Å²) in [6.07, 6.45) is -4.60. The number of nitrogen functional groups attached to an aromatic ring is 1. The van der Waals surface area contributed by atoms with Gasteiger partial charge in [0.15, 0.2) is 0 Å². The van der Waals surface area contributed by atoms with Gasteiger partial charge in [0.05, 0.1) is 11.4 Å². The zero-order valence-electron chi connectivity index (χ0n) is 9.30. The van der Waals surface area contributed by atoms with E-state index in [4.69, 9.17) is 17.3 Å². The zero-order valence-corrected chi connectivity index (χ0v) is 10.1. The van der Waals surface area contributed by atoms with Crippen LogP contribution in [0.25, 0.3) is 11.3 Å². The first-order chi connectivity index (χ1) is 8.77. The molecular weight excluding hydrogens is 284 g/mol. The predicted octanol–water partition coefficient (Wildman–Crippen LogP) is 4.14. The smallest absolute Gasteiger partial charge is 0.397 e. The molecule has 0 aliphatic heterocycles. The third-order valence-electron chi connectivity index (χ3n) is 2.35. The fraction of sp³-hybridized carbons (Fsp3) is 0.0833. The van der Waals surface area contributed by atoms with Gasteiger partial charge in [-0.1, -0.05) is 11.6 Å². The first-order valence-corrected chi connectivity index (χ1v) is 5.45. The number of hydrogen-bond donors (Lipinski definition) is 1. The molecule has 0 bridgehead atoms. The topological polar surface area (TPSA) is 38.9 Å². The molecular formula is C12H7ClF4N2. The van der Waals surface area contributed by atoms with Crippen LogP contribution in [-0.4, -0.2) is 4.98 Å². The number of benzene rings is 1. The molecule has 0 fully saturated rings. The molecule has 0 aliphatic rings. The van der Waals surface area contributed by atoms with E-state index in [2.05, 4.69) is 4.98 Å². The molecule has 0 atom stereocenters. The lowest BCUT2D eigenvalue weighted by atomic mass is 10.1. The quantitative estimate of drug-likeness (QED) is 0.802. The maximum Gasteiger partial charge on any atom is 0.433 e. The lowest BCUT2D eigenvalue weighted by molar-refractivity contribution is -0.141. The van der Waals surface area contributed by atoms with Gasteiger partial charge in [-0.25, -0.2) is 9.37 Å². The van der Waals surface area contributed by atoms with Gasteiger partial charge in [-0.2, -0.15) is 13.2 Å². The molecule has 2 rings (SSSR count). The minimum atomic E-state index is -4.60. The van der Waals surface area contributed by atoms with E-state index in [1.807, 2.05) is 0 Å². The number of pyridine rings is 1. The van der Waals surface area contributed by atoms with E-state index in [-0.39, 0.29) is 22.0 Å². The van der Waals surface area contributed by atoms with E-state index in [0.29, 0.717) is 0 Å². The Balaban J connectivity index is 2.61. The Morgan fingerprint density at radius 1 is 1.11 bits per heavy atom. The summed E-state index contributed by atoms with van der Waals surface area (Å²) in [6, 6.07) is 5.19. The summed E-state index contributed by atoms with van der Waals surface area (Å²) >= 11 is 5.65. The van der Waals surface area contributed by atoms with Gasteiger partial charge >= 0.3 is 6.18 Å². The molecule has 2 N–H and O–H groups in total. The summed E-state index contributed by atoms with van der Waals surface area (Å²) in [7, 11) is 0. The monoisotopic (exact) mass is 290 g/mol. The van der Waals surface area contributed by atoms with Crippen LogP contribution in [0.15, 0.2) is 30.3 Å². The molecule has 0 aliphatic carbocycles. The van der Waals surface area contributed by atoms with Gasteiger partial charge in [-0.05, 0) is 30.3 Å². The number of rotatable bonds is 1. The zero-order chi connectivity index (χ0) is 14.2. The number of alkyl halides is 3. The highest BCUT2D eigenvalue weighted by Gasteiger charge is 2.33. The molecule has 1 heterocycles. The van der Waals surface area contributed by atoms with E-state index in [1.54, 1.807) is 0 Å². The average Bonchev–Trinajstić information content (AvgIpc) is 2.26. The van der Waals surface area contributed by atoms with Gasteiger partial charge in [-0.3, -0.25) is 0 Å². The van der Waals surface area contributed by atoms with Crippen molar-refractivity contribution in [3.63, 3.8) is 0 Å². The molecule has 0 radical (unpaired) electrons. The second-order valence-electron chi connectivity index (χ2n) is 3.79. The van der Waals surface area contributed by atoms with Crippen LogP contribution in [0.2, 0.25) is 5.02 Å². The van der Waals surface area contributed by atoms with Crippen molar-refractivity contribution in [3.05, 3.63) is 46.9 Å². The van der Waals surface area contributed by atoms with Gasteiger partial charge in [0.1, 0.15) is 11.5 Å². The largest absolute Gasteiger partial charge is 0.433 e. The van der Waals surface area contributed by atoms with E-state index >= 15 is 0 Å². The lowest BCUT2D eigenvalue weighted by Gasteiger charge is -2.10. The predicted molar refractivity (Wildman–Crippen MR) is 64.1 cm³/mol. The fourth-order valence-electron chi connectivity index (χ4n) is 1.55. The Hall–Kier alpha value is -1.82. The van der Waals surface area contributed by atoms with Crippen molar-refractivity contribution in [2.24, 2.45) is 0 Å². The van der Waals surface area contributed by atoms with Crippen LogP contribution >= 0.6 is 11.6 Å². The van der Waals surface area contributed by atoms with Gasteiger partial charge in [-0.15, -0.1) is 0 Å². The van der Waals surface area contributed by atoms with Crippen molar-refractivity contribution in [1.29, 1.82) is 0 Å². The fourth-order valence-corrected chi connectivity index (χ4v) is 1.77. The maximum atomic E-state index is 13.2. The highest BCUT2D eigenvalue weighted by Crippen LogP contribution is 2.33. The average molecular weight is 291 g/mol. The number of hydrogen-bond acceptors (Lipinski definition) is 2. The third kappa shape index (κ3) is 2.96. The van der Waals surface area contributed by atoms with Crippen LogP contribution in [0.4, 0.5) is 23.2 Å². The Morgan fingerprint density at radius 3 is 2.37 bits per heavy atom. The molecule has 0 saturated heterocycles. The molecule has 0 spiro atoms. The molecule has 0 unspecified atom stereocenters. The van der Waals surface area contributed by atoms with Crippen molar-refractivity contribution < 1.29 is 17.6 Å². The van der Waals surface area contributed by atoms with Gasteiger partial charge < -0.3 is 5.73 Å². The highest BCUT2D eigenvalue weighted by molar-refractivity contribution is 6.30. The van der Waals surface area contributed by atoms with Crippen LogP contribution < -0.4 is 5.73 Å². The molecule has 1 aromatic carbocycles. The van der Waals surface area contributed by atoms with E-state index in [1.165, 1.54) is 6.07 Å². The minimum Gasteiger partial charge on any atom is -0.397 e. The second-order valence-corrected chi connectivity index (χ2v) is 4.23. The van der Waals surface area contributed by atoms with E-state index < -0.39 is 17.7 Å². The Bertz CT molecular complexity index is 605. The van der Waals surface area contributed by atoms with E-state index in [9.17, 15) is 17.6 Å². The summed E-state index contributed by atoms with van der Waals surface area (Å²) in [5.41, 5.74) is 4.41. The minimum absolute atomic E-state index is 0.00895. The summed E-state index contributed by atoms with van der Waals surface area (Å²) in [6.45, 7) is 0. The third-order valence-corrected chi connectivity index (χ3v) is 2.57. The van der Waals surface area contributed by atoms with Crippen LogP contribution in [0, 0.1) is 5.82 Å². The number of anilines is 1. The van der Waals surface area contributed by atoms with Crippen molar-refractivity contribution in [3.8, 4) is 11.3 Å². The summed E-state index contributed by atoms with van der Waals surface area (Å²) < 4.78 is 50.9. The Kier molecular flexibility index (Phi) is 3.36. The van der Waals surface area contributed by atoms with Crippen LogP contribution in [0.3, 0.4) is 0 Å². The van der Waals surface area contributed by atoms with Crippen molar-refractivity contribution in [2.45, 2.75) is 6.18 Å². The lowest BCUT2D eigenvalue weighted by Crippen LogP contribution is -2.09. The van der Waals surface area contributed by atoms with Crippen LogP contribution in [0.5, 0.6) is 0 Å². The number of aromatic nitrogens is 1. The standard InChI is InChI=1S/C12H7ClF4N2/c13-7-3-6(4-8(14)5-7)11-9(18)1-2-10(19-11)12(15,16)17/h1-5H,18H2. The Labute approximate surface area is 110 Å². The normalized spacial score (nSPS) is 11.6. The van der Waals surface area contributed by atoms with Crippen LogP contribution in [-0.2, 0) is 6.18 Å². The first kappa shape index (κ1) is 13.6. The first-order valence-electron chi connectivity index (χ1n) is 5.07. The number of nitrogens with two attached hydrogens (primary N) is 1. The molecule has 2 aromatic rings. The summed E-state index contributed by atoms with van der Waals surface area (Å²) in [5.74, 6) is -0.680. The highest BCUT2D eigenvalue weighted by atomic mass is 35.5. The van der Waals surface area contributed by atoms with Crippen molar-refractivity contribution in [2.75, 3.05) is 5.73 Å². The molecule has 2 nitrogen and oxygen atoms in total. The number of nitrogens with zero attached hydrogens (tertiary/aromatic N) is 1. The summed E-state index contributed by atoms with van der Waals surface area (Å²) in [5, 5.41) is 0.0496. The summed E-state index contributed by atoms with van der Waals surface area (Å²) in [4.78, 5) is 3.42. The van der Waals surface area contributed by atoms with Crippen molar-refractivity contribution in [1.82, 2.24) is 4.98 Å². The van der Waals surface area contributed by atoms with E-state index in [0.717, 1.165) is 24.3 Å². The van der Waals surface area contributed by atoms with Gasteiger partial charge in [0, 0.05) is 10.6 Å². The van der Waals surface area contributed by atoms with Gasteiger partial charge in [0.25, 0.3) is 0 Å².